The third-order valence-corrected chi connectivity index (χ3v) is 12.2. The van der Waals surface area contributed by atoms with Crippen molar-refractivity contribution >= 4 is 91.9 Å². The Morgan fingerprint density at radius 2 is 1.14 bits per heavy atom. The molecule has 10 aromatic carbocycles. The van der Waals surface area contributed by atoms with Crippen LogP contribution in [0.1, 0.15) is 16.4 Å². The standard InChI is InChI=1S/C56H36N2S/c1-4-16-37(17-5-1)41-35-48(38-18-6-2-7-19-38)55-49(36-41)46-25-14-27-51(56(46)58(55)43-32-33-45-40(34-43)31-30-39-20-10-11-23-44(39)45)57(42-21-8-3-9-22-42)50-26-15-29-53-54(50)47-24-12-13-28-52(47)59-53/h1-36H/i3D,8D,9D,12D,13D,15D,21D,22D,24D,26D,28D,29D. The Kier molecular flexibility index (Phi) is 5.46. The minimum atomic E-state index is -0.651. The van der Waals surface area contributed by atoms with Crippen molar-refractivity contribution in [3.63, 3.8) is 0 Å². The third kappa shape index (κ3) is 5.40. The van der Waals surface area contributed by atoms with E-state index >= 15 is 0 Å². The second-order valence-corrected chi connectivity index (χ2v) is 15.4. The maximum Gasteiger partial charge on any atom is 0.0782 e. The number of anilines is 3. The molecule has 0 spiro atoms. The van der Waals surface area contributed by atoms with Crippen molar-refractivity contribution < 1.29 is 16.4 Å². The van der Waals surface area contributed by atoms with Gasteiger partial charge in [0.05, 0.1) is 38.9 Å². The SMILES string of the molecule is [2H]c1c([2H])c([2H])c(N(c2c([2H])c([2H])c([2H])c3sc4c([2H])c([2H])c([2H])c([2H])c4c23)c2cccc3c4cc(-c5ccccc5)cc(-c5ccccc5)c4n(-c4ccc5c(ccc6ccccc65)c4)c23)c([2H])c1[2H]. The second kappa shape index (κ2) is 13.6. The number of hydrogen-bond acceptors (Lipinski definition) is 2. The summed E-state index contributed by atoms with van der Waals surface area (Å²) < 4.78 is 112. The number of para-hydroxylation sites is 2. The smallest absolute Gasteiger partial charge is 0.0782 e. The molecule has 59 heavy (non-hydrogen) atoms. The first-order valence-electron chi connectivity index (χ1n) is 25.2. The van der Waals surface area contributed by atoms with E-state index in [0.717, 1.165) is 71.7 Å². The molecular weight excluding hydrogens is 733 g/mol. The fourth-order valence-electron chi connectivity index (χ4n) is 8.61. The first-order chi connectivity index (χ1) is 34.3. The number of benzene rings is 10. The molecule has 0 aliphatic carbocycles. The lowest BCUT2D eigenvalue weighted by Crippen LogP contribution is -2.12. The van der Waals surface area contributed by atoms with Gasteiger partial charge in [0.25, 0.3) is 0 Å². The zero-order valence-corrected chi connectivity index (χ0v) is 32.0. The van der Waals surface area contributed by atoms with Gasteiger partial charge in [-0.15, -0.1) is 11.3 Å². The molecule has 0 saturated carbocycles. The Hall–Kier alpha value is -7.46. The number of rotatable bonds is 6. The van der Waals surface area contributed by atoms with E-state index in [1.807, 2.05) is 84.9 Å². The van der Waals surface area contributed by atoms with Crippen molar-refractivity contribution in [2.75, 3.05) is 4.90 Å². The van der Waals surface area contributed by atoms with Gasteiger partial charge in [-0.25, -0.2) is 0 Å². The Bertz CT molecular complexity index is 4240. The largest absolute Gasteiger partial charge is 0.308 e. The minimum Gasteiger partial charge on any atom is -0.308 e. The first-order valence-corrected chi connectivity index (χ1v) is 20.0. The van der Waals surface area contributed by atoms with Crippen LogP contribution in [0.5, 0.6) is 0 Å². The van der Waals surface area contributed by atoms with Crippen molar-refractivity contribution in [2.45, 2.75) is 0 Å². The summed E-state index contributed by atoms with van der Waals surface area (Å²) in [5.74, 6) is 0. The average Bonchev–Trinajstić information content (AvgIpc) is 3.97. The minimum absolute atomic E-state index is 0.0151. The van der Waals surface area contributed by atoms with Crippen LogP contribution in [0.25, 0.3) is 91.5 Å². The number of aromatic nitrogens is 1. The molecule has 2 heterocycles. The van der Waals surface area contributed by atoms with Crippen LogP contribution in [0.3, 0.4) is 0 Å². The van der Waals surface area contributed by atoms with Crippen LogP contribution < -0.4 is 4.90 Å². The van der Waals surface area contributed by atoms with Crippen LogP contribution in [-0.2, 0) is 0 Å². The van der Waals surface area contributed by atoms with Gasteiger partial charge in [0.2, 0.25) is 0 Å². The van der Waals surface area contributed by atoms with Gasteiger partial charge >= 0.3 is 0 Å². The van der Waals surface area contributed by atoms with Gasteiger partial charge in [0, 0.05) is 47.9 Å². The highest BCUT2D eigenvalue weighted by Gasteiger charge is 2.26. The van der Waals surface area contributed by atoms with E-state index in [2.05, 4.69) is 53.1 Å². The van der Waals surface area contributed by atoms with Gasteiger partial charge in [0.1, 0.15) is 0 Å². The summed E-state index contributed by atoms with van der Waals surface area (Å²) in [6.45, 7) is 0. The predicted molar refractivity (Wildman–Crippen MR) is 254 cm³/mol. The topological polar surface area (TPSA) is 8.17 Å². The summed E-state index contributed by atoms with van der Waals surface area (Å²) in [4.78, 5) is 1.39. The molecule has 0 bridgehead atoms. The highest BCUT2D eigenvalue weighted by molar-refractivity contribution is 7.26. The van der Waals surface area contributed by atoms with Crippen LogP contribution in [0.4, 0.5) is 17.1 Å². The van der Waals surface area contributed by atoms with Gasteiger partial charge < -0.3 is 9.47 Å². The fourth-order valence-corrected chi connectivity index (χ4v) is 9.57. The second-order valence-electron chi connectivity index (χ2n) is 14.4. The molecule has 0 saturated heterocycles. The molecule has 0 radical (unpaired) electrons. The summed E-state index contributed by atoms with van der Waals surface area (Å²) in [6, 6.07) is 41.8. The van der Waals surface area contributed by atoms with Gasteiger partial charge in [-0.05, 0) is 98.8 Å². The predicted octanol–water partition coefficient (Wildman–Crippen LogP) is 16.3. The molecule has 0 atom stereocenters. The van der Waals surface area contributed by atoms with Crippen molar-refractivity contribution in [2.24, 2.45) is 0 Å². The molecule has 2 aromatic heterocycles. The van der Waals surface area contributed by atoms with Crippen molar-refractivity contribution in [1.82, 2.24) is 4.57 Å². The lowest BCUT2D eigenvalue weighted by molar-refractivity contribution is 1.17. The lowest BCUT2D eigenvalue weighted by atomic mass is 9.95. The number of nitrogens with zero attached hydrogens (tertiary/aromatic N) is 2. The average molecular weight is 781 g/mol. The molecule has 2 nitrogen and oxygen atoms in total. The zero-order valence-electron chi connectivity index (χ0n) is 43.2. The van der Waals surface area contributed by atoms with Crippen molar-refractivity contribution in [3.05, 3.63) is 218 Å². The van der Waals surface area contributed by atoms with E-state index in [0.29, 0.717) is 10.9 Å². The summed E-state index contributed by atoms with van der Waals surface area (Å²) in [5.41, 5.74) is 5.39. The quantitative estimate of drug-likeness (QED) is 0.153. The number of thiophene rings is 1. The molecule has 0 fully saturated rings. The Morgan fingerprint density at radius 1 is 0.424 bits per heavy atom. The molecule has 0 aliphatic rings. The first kappa shape index (κ1) is 23.7. The van der Waals surface area contributed by atoms with E-state index in [1.54, 1.807) is 12.1 Å². The highest BCUT2D eigenvalue weighted by atomic mass is 32.1. The summed E-state index contributed by atoms with van der Waals surface area (Å²) >= 11 is 0.891. The molecule has 0 amide bonds. The Labute approximate surface area is 362 Å². The Balaban J connectivity index is 1.33. The Morgan fingerprint density at radius 3 is 2.00 bits per heavy atom. The summed E-state index contributed by atoms with van der Waals surface area (Å²) in [6.07, 6.45) is 0. The molecular formula is C56H36N2S. The van der Waals surface area contributed by atoms with E-state index in [9.17, 15) is 8.22 Å². The highest BCUT2D eigenvalue weighted by Crippen LogP contribution is 2.50. The fraction of sp³-hybridized carbons (Fsp3) is 0. The van der Waals surface area contributed by atoms with Crippen LogP contribution in [0.15, 0.2) is 218 Å². The molecule has 0 aliphatic heterocycles. The van der Waals surface area contributed by atoms with Crippen LogP contribution in [-0.4, -0.2) is 4.57 Å². The van der Waals surface area contributed by atoms with Crippen molar-refractivity contribution in [1.29, 1.82) is 0 Å². The zero-order chi connectivity index (χ0) is 49.3. The van der Waals surface area contributed by atoms with Crippen LogP contribution in [0.2, 0.25) is 0 Å². The number of hydrogen-bond donors (Lipinski definition) is 0. The van der Waals surface area contributed by atoms with E-state index in [-0.39, 0.29) is 49.3 Å². The number of fused-ring (bicyclic) bond motifs is 9. The molecule has 0 N–H and O–H groups in total. The lowest BCUT2D eigenvalue weighted by Gasteiger charge is -2.28. The maximum absolute atomic E-state index is 9.83. The van der Waals surface area contributed by atoms with E-state index in [1.165, 1.54) is 4.90 Å². The third-order valence-electron chi connectivity index (χ3n) is 11.1. The molecule has 3 heteroatoms. The molecule has 12 aromatic rings. The summed E-state index contributed by atoms with van der Waals surface area (Å²) in [5, 5.41) is 5.64. The maximum atomic E-state index is 9.83. The van der Waals surface area contributed by atoms with Gasteiger partial charge in [-0.2, -0.15) is 0 Å². The van der Waals surface area contributed by atoms with Crippen molar-refractivity contribution in [3.8, 4) is 27.9 Å². The normalized spacial score (nSPS) is 14.6. The molecule has 0 unspecified atom stereocenters. The van der Waals surface area contributed by atoms with Crippen LogP contribution in [0, 0.1) is 0 Å². The monoisotopic (exact) mass is 780 g/mol. The van der Waals surface area contributed by atoms with Crippen LogP contribution >= 0.6 is 11.3 Å². The summed E-state index contributed by atoms with van der Waals surface area (Å²) in [7, 11) is 0. The van der Waals surface area contributed by atoms with Gasteiger partial charge in [-0.1, -0.05) is 158 Å². The molecule has 276 valence electrons. The van der Waals surface area contributed by atoms with Gasteiger partial charge in [-0.3, -0.25) is 0 Å². The van der Waals surface area contributed by atoms with E-state index in [4.69, 9.17) is 8.22 Å². The van der Waals surface area contributed by atoms with Gasteiger partial charge in [0.15, 0.2) is 0 Å². The molecule has 12 rings (SSSR count). The van der Waals surface area contributed by atoms with E-state index < -0.39 is 60.4 Å².